The quantitative estimate of drug-likeness (QED) is 0.849. The summed E-state index contributed by atoms with van der Waals surface area (Å²) in [5, 5.41) is 0. The lowest BCUT2D eigenvalue weighted by Crippen LogP contribution is -2.32. The fraction of sp³-hybridized carbons (Fsp3) is 0.647. The molecule has 0 heterocycles. The van der Waals surface area contributed by atoms with Crippen LogP contribution in [0.2, 0.25) is 0 Å². The molecule has 2 aliphatic carbocycles. The topological polar surface area (TPSA) is 29.3 Å². The van der Waals surface area contributed by atoms with Gasteiger partial charge in [-0.25, -0.2) is 0 Å². The lowest BCUT2D eigenvalue weighted by Gasteiger charge is -2.27. The van der Waals surface area contributed by atoms with Gasteiger partial charge in [-0.05, 0) is 55.2 Å². The molecule has 2 saturated carbocycles. The molecule has 19 heavy (non-hydrogen) atoms. The Kier molecular flexibility index (Phi) is 3.64. The van der Waals surface area contributed by atoms with E-state index in [4.69, 9.17) is 5.73 Å². The van der Waals surface area contributed by atoms with Crippen LogP contribution in [0.25, 0.3) is 0 Å². The Morgan fingerprint density at radius 1 is 1.26 bits per heavy atom. The van der Waals surface area contributed by atoms with Crippen molar-refractivity contribution in [3.05, 3.63) is 35.4 Å². The van der Waals surface area contributed by atoms with Gasteiger partial charge in [-0.1, -0.05) is 31.2 Å². The van der Waals surface area contributed by atoms with Gasteiger partial charge in [0.05, 0.1) is 0 Å². The summed E-state index contributed by atoms with van der Waals surface area (Å²) in [5.74, 6) is 2.65. The van der Waals surface area contributed by atoms with E-state index in [1.807, 2.05) is 0 Å². The molecule has 1 aromatic carbocycles. The monoisotopic (exact) mass is 258 g/mol. The number of nitrogens with zero attached hydrogens (tertiary/aromatic N) is 1. The maximum Gasteiger partial charge on any atom is 0.0467 e. The molecule has 2 fully saturated rings. The number of rotatable bonds is 6. The third kappa shape index (κ3) is 3.01. The van der Waals surface area contributed by atoms with Crippen molar-refractivity contribution in [1.82, 2.24) is 4.90 Å². The number of nitrogens with two attached hydrogens (primary N) is 1. The van der Waals surface area contributed by atoms with Crippen LogP contribution in [0.3, 0.4) is 0 Å². The summed E-state index contributed by atoms with van der Waals surface area (Å²) in [6.07, 6.45) is 4.14. The van der Waals surface area contributed by atoms with Crippen molar-refractivity contribution in [3.8, 4) is 0 Å². The van der Waals surface area contributed by atoms with Gasteiger partial charge in [0.25, 0.3) is 0 Å². The van der Waals surface area contributed by atoms with Crippen molar-refractivity contribution in [2.24, 2.45) is 17.6 Å². The van der Waals surface area contributed by atoms with Crippen LogP contribution < -0.4 is 5.73 Å². The predicted molar refractivity (Wildman–Crippen MR) is 80.1 cm³/mol. The Morgan fingerprint density at radius 2 is 1.89 bits per heavy atom. The number of hydrogen-bond acceptors (Lipinski definition) is 2. The van der Waals surface area contributed by atoms with Gasteiger partial charge in [-0.15, -0.1) is 0 Å². The van der Waals surface area contributed by atoms with Crippen molar-refractivity contribution in [2.45, 2.75) is 38.1 Å². The van der Waals surface area contributed by atoms with Gasteiger partial charge >= 0.3 is 0 Å². The Labute approximate surface area is 117 Å². The third-order valence-electron chi connectivity index (χ3n) is 4.92. The first-order valence-electron chi connectivity index (χ1n) is 7.69. The molecule has 3 unspecified atom stereocenters. The van der Waals surface area contributed by atoms with E-state index in [2.05, 4.69) is 43.1 Å². The van der Waals surface area contributed by atoms with Crippen LogP contribution in [-0.2, 0) is 0 Å². The Bertz CT molecular complexity index is 421. The molecule has 2 aliphatic rings. The van der Waals surface area contributed by atoms with Gasteiger partial charge in [-0.3, -0.25) is 4.90 Å². The molecular weight excluding hydrogens is 232 g/mol. The van der Waals surface area contributed by atoms with Crippen LogP contribution in [0.4, 0.5) is 0 Å². The summed E-state index contributed by atoms with van der Waals surface area (Å²) in [7, 11) is 2.22. The summed E-state index contributed by atoms with van der Waals surface area (Å²) >= 11 is 0. The Morgan fingerprint density at radius 3 is 2.37 bits per heavy atom. The van der Waals surface area contributed by atoms with E-state index >= 15 is 0 Å². The van der Waals surface area contributed by atoms with E-state index in [-0.39, 0.29) is 0 Å². The molecule has 0 radical (unpaired) electrons. The Balaban J connectivity index is 1.65. The molecular formula is C17H26N2. The van der Waals surface area contributed by atoms with E-state index in [0.29, 0.717) is 12.6 Å². The summed E-state index contributed by atoms with van der Waals surface area (Å²) in [4.78, 5) is 2.44. The molecule has 2 N–H and O–H groups in total. The van der Waals surface area contributed by atoms with Gasteiger partial charge in [-0.2, -0.15) is 0 Å². The molecule has 0 amide bonds. The minimum absolute atomic E-state index is 0.376. The molecule has 0 aliphatic heterocycles. The fourth-order valence-corrected chi connectivity index (χ4v) is 3.13. The maximum absolute atomic E-state index is 6.01. The van der Waals surface area contributed by atoms with Crippen LogP contribution >= 0.6 is 0 Å². The fourth-order valence-electron chi connectivity index (χ4n) is 3.13. The van der Waals surface area contributed by atoms with Crippen molar-refractivity contribution >= 4 is 0 Å². The molecule has 0 aromatic heterocycles. The van der Waals surface area contributed by atoms with Gasteiger partial charge in [0, 0.05) is 19.1 Å². The smallest absolute Gasteiger partial charge is 0.0467 e. The van der Waals surface area contributed by atoms with Crippen LogP contribution in [0.5, 0.6) is 0 Å². The predicted octanol–water partition coefficient (Wildman–Crippen LogP) is 3.15. The van der Waals surface area contributed by atoms with E-state index in [1.54, 1.807) is 0 Å². The van der Waals surface area contributed by atoms with E-state index in [9.17, 15) is 0 Å². The normalized spacial score (nSPS) is 27.6. The molecule has 104 valence electrons. The molecule has 3 rings (SSSR count). The minimum atomic E-state index is 0.376. The highest BCUT2D eigenvalue weighted by molar-refractivity contribution is 5.30. The highest BCUT2D eigenvalue weighted by Crippen LogP contribution is 2.41. The maximum atomic E-state index is 6.01. The van der Waals surface area contributed by atoms with Crippen molar-refractivity contribution < 1.29 is 0 Å². The van der Waals surface area contributed by atoms with Crippen molar-refractivity contribution in [2.75, 3.05) is 20.1 Å². The largest absolute Gasteiger partial charge is 0.329 e. The molecule has 0 spiro atoms. The summed E-state index contributed by atoms with van der Waals surface area (Å²) in [6, 6.07) is 9.57. The Hall–Kier alpha value is -0.860. The third-order valence-corrected chi connectivity index (χ3v) is 4.92. The highest BCUT2D eigenvalue weighted by atomic mass is 15.1. The van der Waals surface area contributed by atoms with Crippen LogP contribution in [0, 0.1) is 11.8 Å². The number of likely N-dealkylation sites (N-methyl/N-ethyl adjacent to an activating group) is 1. The van der Waals surface area contributed by atoms with Crippen molar-refractivity contribution in [3.63, 3.8) is 0 Å². The molecule has 3 atom stereocenters. The molecule has 0 saturated heterocycles. The van der Waals surface area contributed by atoms with Crippen LogP contribution in [-0.4, -0.2) is 25.0 Å². The second kappa shape index (κ2) is 5.26. The zero-order chi connectivity index (χ0) is 13.4. The second-order valence-corrected chi connectivity index (χ2v) is 6.61. The minimum Gasteiger partial charge on any atom is -0.329 e. The van der Waals surface area contributed by atoms with Crippen LogP contribution in [0.15, 0.2) is 24.3 Å². The van der Waals surface area contributed by atoms with E-state index in [0.717, 1.165) is 17.8 Å². The first-order valence-corrected chi connectivity index (χ1v) is 7.69. The lowest BCUT2D eigenvalue weighted by molar-refractivity contribution is 0.237. The van der Waals surface area contributed by atoms with E-state index in [1.165, 1.54) is 36.9 Å². The molecule has 1 aromatic rings. The number of benzene rings is 1. The highest BCUT2D eigenvalue weighted by Gasteiger charge is 2.34. The standard InChI is InChI=1S/C17H26N2/c1-12-9-16(12)11-19(2)17(10-18)15-7-5-14(6-8-15)13-3-4-13/h5-8,12-13,16-17H,3-4,9-11,18H2,1-2H3. The van der Waals surface area contributed by atoms with Gasteiger partial charge in [0.15, 0.2) is 0 Å². The van der Waals surface area contributed by atoms with Gasteiger partial charge < -0.3 is 5.73 Å². The van der Waals surface area contributed by atoms with Gasteiger partial charge in [0.1, 0.15) is 0 Å². The first kappa shape index (κ1) is 13.1. The second-order valence-electron chi connectivity index (χ2n) is 6.61. The first-order chi connectivity index (χ1) is 9.19. The molecule has 2 heteroatoms. The zero-order valence-corrected chi connectivity index (χ0v) is 12.2. The van der Waals surface area contributed by atoms with Gasteiger partial charge in [0.2, 0.25) is 0 Å². The van der Waals surface area contributed by atoms with Crippen molar-refractivity contribution in [1.29, 1.82) is 0 Å². The summed E-state index contributed by atoms with van der Waals surface area (Å²) < 4.78 is 0. The molecule has 2 nitrogen and oxygen atoms in total. The summed E-state index contributed by atoms with van der Waals surface area (Å²) in [6.45, 7) is 4.24. The lowest BCUT2D eigenvalue weighted by atomic mass is 10.0. The van der Waals surface area contributed by atoms with Crippen LogP contribution in [0.1, 0.15) is 49.3 Å². The number of hydrogen-bond donors (Lipinski definition) is 1. The van der Waals surface area contributed by atoms with E-state index < -0.39 is 0 Å². The average Bonchev–Trinajstić information content (AvgIpc) is 3.30. The zero-order valence-electron chi connectivity index (χ0n) is 12.2. The SMILES string of the molecule is CC1CC1CN(C)C(CN)c1ccc(C2CC2)cc1. The summed E-state index contributed by atoms with van der Waals surface area (Å²) in [5.41, 5.74) is 8.89. The molecule has 0 bridgehead atoms. The average molecular weight is 258 g/mol.